The number of nitrogens with zero attached hydrogens (tertiary/aromatic N) is 1. The van der Waals surface area contributed by atoms with E-state index < -0.39 is 0 Å². The Morgan fingerprint density at radius 3 is 3.08 bits per heavy atom. The maximum atomic E-state index is 5.49. The molecule has 1 heterocycles. The Bertz CT molecular complexity index is 202. The van der Waals surface area contributed by atoms with Gasteiger partial charge in [-0.3, -0.25) is 4.99 Å². The van der Waals surface area contributed by atoms with E-state index in [1.807, 2.05) is 11.8 Å². The number of nitrogens with one attached hydrogen (secondary N) is 1. The molecule has 0 unspecified atom stereocenters. The first-order valence-corrected chi connectivity index (χ1v) is 5.92. The predicted octanol–water partition coefficient (Wildman–Crippen LogP) is 1.25. The third-order valence-corrected chi connectivity index (χ3v) is 3.32. The van der Waals surface area contributed by atoms with Crippen LogP contribution >= 0.6 is 11.8 Å². The molecule has 0 radical (unpaired) electrons. The maximum absolute atomic E-state index is 5.49. The van der Waals surface area contributed by atoms with Crippen LogP contribution in [0, 0.1) is 0 Å². The second-order valence-corrected chi connectivity index (χ2v) is 4.51. The topological polar surface area (TPSA) is 33.6 Å². The zero-order valence-electron chi connectivity index (χ0n) is 7.95. The highest BCUT2D eigenvalue weighted by Gasteiger charge is 2.30. The maximum Gasteiger partial charge on any atom is 0.156 e. The minimum atomic E-state index is 0.495. The molecule has 1 fully saturated rings. The van der Waals surface area contributed by atoms with E-state index in [9.17, 15) is 0 Å². The second kappa shape index (κ2) is 4.33. The van der Waals surface area contributed by atoms with Gasteiger partial charge in [-0.05, 0) is 19.8 Å². The fraction of sp³-hybridized carbons (Fsp3) is 0.889. The van der Waals surface area contributed by atoms with Crippen molar-refractivity contribution < 1.29 is 4.74 Å². The lowest BCUT2D eigenvalue weighted by molar-refractivity contribution is -0.00541. The molecule has 2 rings (SSSR count). The molecule has 0 aromatic carbocycles. The highest BCUT2D eigenvalue weighted by atomic mass is 32.2. The number of hydrogen-bond acceptors (Lipinski definition) is 4. The Kier molecular flexibility index (Phi) is 3.11. The zero-order valence-corrected chi connectivity index (χ0v) is 8.77. The number of ether oxygens (including phenoxy) is 1. The zero-order chi connectivity index (χ0) is 9.10. The molecule has 0 aromatic rings. The van der Waals surface area contributed by atoms with Crippen LogP contribution in [0.4, 0.5) is 0 Å². The van der Waals surface area contributed by atoms with Gasteiger partial charge in [-0.2, -0.15) is 0 Å². The number of amidine groups is 1. The molecule has 3 nitrogen and oxygen atoms in total. The van der Waals surface area contributed by atoms with Crippen LogP contribution in [0.25, 0.3) is 0 Å². The highest BCUT2D eigenvalue weighted by molar-refractivity contribution is 8.14. The van der Waals surface area contributed by atoms with E-state index in [1.54, 1.807) is 0 Å². The van der Waals surface area contributed by atoms with E-state index in [-0.39, 0.29) is 0 Å². The van der Waals surface area contributed by atoms with Gasteiger partial charge in [0.25, 0.3) is 0 Å². The van der Waals surface area contributed by atoms with Crippen molar-refractivity contribution in [3.8, 4) is 0 Å². The van der Waals surface area contributed by atoms with E-state index in [0.29, 0.717) is 12.1 Å². The van der Waals surface area contributed by atoms with E-state index in [4.69, 9.17) is 4.74 Å². The van der Waals surface area contributed by atoms with Gasteiger partial charge in [0.05, 0.1) is 12.6 Å². The first kappa shape index (κ1) is 9.34. The van der Waals surface area contributed by atoms with Crippen molar-refractivity contribution >= 4 is 16.9 Å². The molecule has 0 atom stereocenters. The summed E-state index contributed by atoms with van der Waals surface area (Å²) >= 11 is 1.83. The molecule has 13 heavy (non-hydrogen) atoms. The lowest BCUT2D eigenvalue weighted by atomic mass is 9.89. The smallest absolute Gasteiger partial charge is 0.156 e. The summed E-state index contributed by atoms with van der Waals surface area (Å²) in [6.45, 7) is 3.87. The van der Waals surface area contributed by atoms with Crippen LogP contribution in [-0.2, 0) is 4.74 Å². The second-order valence-electron chi connectivity index (χ2n) is 3.43. The Balaban J connectivity index is 1.63. The first-order chi connectivity index (χ1) is 6.38. The molecule has 0 saturated heterocycles. The van der Waals surface area contributed by atoms with Gasteiger partial charge >= 0.3 is 0 Å². The summed E-state index contributed by atoms with van der Waals surface area (Å²) in [4.78, 5) is 4.36. The van der Waals surface area contributed by atoms with Crippen molar-refractivity contribution in [1.29, 1.82) is 0 Å². The summed E-state index contributed by atoms with van der Waals surface area (Å²) in [5, 5.41) is 4.58. The van der Waals surface area contributed by atoms with Crippen LogP contribution < -0.4 is 5.32 Å². The predicted molar refractivity (Wildman–Crippen MR) is 56.3 cm³/mol. The largest absolute Gasteiger partial charge is 0.378 e. The summed E-state index contributed by atoms with van der Waals surface area (Å²) in [5.41, 5.74) is 0. The lowest BCUT2D eigenvalue weighted by Crippen LogP contribution is -2.46. The summed E-state index contributed by atoms with van der Waals surface area (Å²) in [6, 6.07) is 0.612. The first-order valence-electron chi connectivity index (χ1n) is 4.94. The van der Waals surface area contributed by atoms with Gasteiger partial charge in [-0.1, -0.05) is 11.8 Å². The number of aliphatic imine (C=N–C) groups is 1. The molecule has 0 amide bonds. The van der Waals surface area contributed by atoms with Gasteiger partial charge in [0.15, 0.2) is 5.17 Å². The minimum Gasteiger partial charge on any atom is -0.378 e. The van der Waals surface area contributed by atoms with Crippen molar-refractivity contribution in [2.45, 2.75) is 31.9 Å². The minimum absolute atomic E-state index is 0.495. The van der Waals surface area contributed by atoms with Gasteiger partial charge in [-0.25, -0.2) is 0 Å². The van der Waals surface area contributed by atoms with Crippen molar-refractivity contribution in [2.24, 2.45) is 4.99 Å². The molecule has 4 heteroatoms. The van der Waals surface area contributed by atoms with Gasteiger partial charge in [-0.15, -0.1) is 0 Å². The van der Waals surface area contributed by atoms with Crippen molar-refractivity contribution in [2.75, 3.05) is 18.9 Å². The van der Waals surface area contributed by atoms with Crippen molar-refractivity contribution in [3.63, 3.8) is 0 Å². The van der Waals surface area contributed by atoms with Gasteiger partial charge < -0.3 is 10.1 Å². The Labute approximate surface area is 83.3 Å². The van der Waals surface area contributed by atoms with Crippen LogP contribution in [0.2, 0.25) is 0 Å². The molecule has 74 valence electrons. The average molecular weight is 200 g/mol. The molecule has 2 aliphatic rings. The molecule has 1 aliphatic carbocycles. The molecule has 1 aliphatic heterocycles. The summed E-state index contributed by atoms with van der Waals surface area (Å²) < 4.78 is 5.49. The fourth-order valence-corrected chi connectivity index (χ4v) is 2.46. The SMILES string of the molecule is CCOC1CC(NC2=NCCS2)C1. The molecule has 0 aromatic heterocycles. The summed E-state index contributed by atoms with van der Waals surface area (Å²) in [5.74, 6) is 1.14. The average Bonchev–Trinajstić information content (AvgIpc) is 2.53. The van der Waals surface area contributed by atoms with Gasteiger partial charge in [0.2, 0.25) is 0 Å². The Morgan fingerprint density at radius 2 is 2.46 bits per heavy atom. The third kappa shape index (κ3) is 2.38. The number of thioether (sulfide) groups is 1. The van der Waals surface area contributed by atoms with Crippen LogP contribution in [-0.4, -0.2) is 36.2 Å². The van der Waals surface area contributed by atoms with E-state index in [0.717, 1.165) is 36.9 Å². The monoisotopic (exact) mass is 200 g/mol. The Morgan fingerprint density at radius 1 is 1.62 bits per heavy atom. The van der Waals surface area contributed by atoms with Gasteiger partial charge in [0, 0.05) is 18.4 Å². The quantitative estimate of drug-likeness (QED) is 0.744. The van der Waals surface area contributed by atoms with E-state index in [1.165, 1.54) is 0 Å². The normalized spacial score (nSPS) is 32.5. The van der Waals surface area contributed by atoms with E-state index >= 15 is 0 Å². The number of rotatable bonds is 3. The third-order valence-electron chi connectivity index (χ3n) is 2.41. The summed E-state index contributed by atoms with van der Waals surface area (Å²) in [7, 11) is 0. The fourth-order valence-electron chi connectivity index (χ4n) is 1.65. The highest BCUT2D eigenvalue weighted by Crippen LogP contribution is 2.24. The van der Waals surface area contributed by atoms with Crippen molar-refractivity contribution in [3.05, 3.63) is 0 Å². The summed E-state index contributed by atoms with van der Waals surface area (Å²) in [6.07, 6.45) is 2.79. The number of hydrogen-bond donors (Lipinski definition) is 1. The lowest BCUT2D eigenvalue weighted by Gasteiger charge is -2.35. The van der Waals surface area contributed by atoms with Crippen molar-refractivity contribution in [1.82, 2.24) is 5.32 Å². The molecule has 1 saturated carbocycles. The standard InChI is InChI=1S/C9H16N2OS/c1-2-12-8-5-7(6-8)11-9-10-3-4-13-9/h7-8H,2-6H2,1H3,(H,10,11). The molecule has 0 bridgehead atoms. The van der Waals surface area contributed by atoms with Crippen LogP contribution in [0.3, 0.4) is 0 Å². The van der Waals surface area contributed by atoms with E-state index in [2.05, 4.69) is 17.2 Å². The molecule has 0 spiro atoms. The van der Waals surface area contributed by atoms with Crippen LogP contribution in [0.1, 0.15) is 19.8 Å². The Hall–Kier alpha value is -0.220. The van der Waals surface area contributed by atoms with Gasteiger partial charge in [0.1, 0.15) is 0 Å². The molecular formula is C9H16N2OS. The van der Waals surface area contributed by atoms with Crippen LogP contribution in [0.15, 0.2) is 4.99 Å². The van der Waals surface area contributed by atoms with Crippen LogP contribution in [0.5, 0.6) is 0 Å². The molecule has 1 N–H and O–H groups in total. The molecular weight excluding hydrogens is 184 g/mol.